The third-order valence-corrected chi connectivity index (χ3v) is 6.17. The van der Waals surface area contributed by atoms with Crippen LogP contribution in [0.25, 0.3) is 17.1 Å². The number of carbonyl (C=O) groups is 1. The highest BCUT2D eigenvalue weighted by atomic mass is 16.1. The fourth-order valence-corrected chi connectivity index (χ4v) is 4.80. The highest BCUT2D eigenvalue weighted by Crippen LogP contribution is 2.37. The van der Waals surface area contributed by atoms with Crippen LogP contribution in [0.4, 0.5) is 5.69 Å². The Morgan fingerprint density at radius 1 is 1.15 bits per heavy atom. The fraction of sp³-hybridized carbons (Fsp3) is 0.185. The van der Waals surface area contributed by atoms with E-state index in [1.807, 2.05) is 19.9 Å². The molecule has 1 N–H and O–H groups in total. The first-order valence-electron chi connectivity index (χ1n) is 10.9. The molecule has 0 spiro atoms. The van der Waals surface area contributed by atoms with Crippen LogP contribution in [0.3, 0.4) is 0 Å². The van der Waals surface area contributed by atoms with E-state index in [1.54, 1.807) is 30.6 Å². The van der Waals surface area contributed by atoms with Crippen LogP contribution in [0, 0.1) is 25.2 Å². The van der Waals surface area contributed by atoms with Crippen LogP contribution in [-0.4, -0.2) is 20.4 Å². The summed E-state index contributed by atoms with van der Waals surface area (Å²) >= 11 is 0. The normalized spacial score (nSPS) is 13.4. The van der Waals surface area contributed by atoms with E-state index < -0.39 is 0 Å². The highest BCUT2D eigenvalue weighted by molar-refractivity contribution is 6.03. The van der Waals surface area contributed by atoms with Crippen molar-refractivity contribution in [2.75, 3.05) is 5.32 Å². The van der Waals surface area contributed by atoms with Crippen molar-refractivity contribution in [3.8, 4) is 6.07 Å². The number of hydrogen-bond donors (Lipinski definition) is 1. The van der Waals surface area contributed by atoms with Gasteiger partial charge in [-0.25, -0.2) is 4.98 Å². The van der Waals surface area contributed by atoms with Gasteiger partial charge in [-0.1, -0.05) is 24.3 Å². The van der Waals surface area contributed by atoms with Gasteiger partial charge in [0.15, 0.2) is 0 Å². The van der Waals surface area contributed by atoms with Crippen molar-refractivity contribution in [1.82, 2.24) is 14.5 Å². The lowest BCUT2D eigenvalue weighted by Crippen LogP contribution is -2.12. The number of amides is 1. The number of benzene rings is 1. The molecule has 162 valence electrons. The van der Waals surface area contributed by atoms with Crippen LogP contribution in [-0.2, 0) is 17.6 Å². The summed E-state index contributed by atoms with van der Waals surface area (Å²) in [5.74, 6) is -0.266. The van der Waals surface area contributed by atoms with E-state index in [0.717, 1.165) is 40.8 Å². The number of anilines is 1. The molecule has 0 aliphatic heterocycles. The molecular weight excluding hydrogens is 410 g/mol. The lowest BCUT2D eigenvalue weighted by atomic mass is 10.1. The molecule has 0 unspecified atom stereocenters. The van der Waals surface area contributed by atoms with Gasteiger partial charge in [-0.3, -0.25) is 9.78 Å². The molecule has 1 aliphatic carbocycles. The third-order valence-electron chi connectivity index (χ3n) is 6.17. The Labute approximate surface area is 192 Å². The maximum Gasteiger partial charge on any atom is 0.248 e. The first-order chi connectivity index (χ1) is 16.0. The standard InChI is InChI=1S/C27H23N5O/c1-17-13-18(2)30-27-26(17)23(16-28)24(7-8-25(33)31-21-9-11-29-12-10-21)32(27)22-14-19-5-3-4-6-20(19)15-22/h3-13,22H,14-15H2,1-2H3,(H,29,31,33)/b8-7+. The van der Waals surface area contributed by atoms with Crippen molar-refractivity contribution in [1.29, 1.82) is 5.26 Å². The van der Waals surface area contributed by atoms with Gasteiger partial charge in [0.2, 0.25) is 5.91 Å². The molecule has 6 nitrogen and oxygen atoms in total. The topological polar surface area (TPSA) is 83.6 Å². The second-order valence-electron chi connectivity index (χ2n) is 8.41. The van der Waals surface area contributed by atoms with Gasteiger partial charge in [-0.2, -0.15) is 5.26 Å². The Hall–Kier alpha value is -4.24. The SMILES string of the molecule is Cc1cc(C)c2c(C#N)c(/C=C/C(=O)Nc3ccncc3)n(C3Cc4ccccc4C3)c2n1. The minimum absolute atomic E-state index is 0.128. The van der Waals surface area contributed by atoms with Crippen molar-refractivity contribution in [3.05, 3.63) is 94.6 Å². The first-order valence-corrected chi connectivity index (χ1v) is 10.9. The molecule has 0 bridgehead atoms. The van der Waals surface area contributed by atoms with Crippen LogP contribution in [0.15, 0.2) is 60.9 Å². The molecule has 6 heteroatoms. The Bertz CT molecular complexity index is 1420. The molecule has 1 amide bonds. The second-order valence-corrected chi connectivity index (χ2v) is 8.41. The zero-order valence-corrected chi connectivity index (χ0v) is 18.5. The van der Waals surface area contributed by atoms with Gasteiger partial charge < -0.3 is 9.88 Å². The van der Waals surface area contributed by atoms with Crippen molar-refractivity contribution in [3.63, 3.8) is 0 Å². The zero-order valence-electron chi connectivity index (χ0n) is 18.5. The number of rotatable bonds is 4. The van der Waals surface area contributed by atoms with E-state index >= 15 is 0 Å². The van der Waals surface area contributed by atoms with E-state index in [4.69, 9.17) is 4.98 Å². The quantitative estimate of drug-likeness (QED) is 0.464. The molecule has 0 saturated heterocycles. The lowest BCUT2D eigenvalue weighted by Gasteiger charge is -2.16. The summed E-state index contributed by atoms with van der Waals surface area (Å²) < 4.78 is 2.16. The summed E-state index contributed by atoms with van der Waals surface area (Å²) in [7, 11) is 0. The average Bonchev–Trinajstić information content (AvgIpc) is 3.36. The van der Waals surface area contributed by atoms with E-state index in [1.165, 1.54) is 17.2 Å². The molecule has 33 heavy (non-hydrogen) atoms. The molecule has 0 saturated carbocycles. The van der Waals surface area contributed by atoms with Crippen molar-refractivity contribution in [2.24, 2.45) is 0 Å². The van der Waals surface area contributed by atoms with Gasteiger partial charge in [0.25, 0.3) is 0 Å². The third kappa shape index (κ3) is 3.79. The molecule has 1 aliphatic rings. The Morgan fingerprint density at radius 2 is 1.85 bits per heavy atom. The average molecular weight is 434 g/mol. The Morgan fingerprint density at radius 3 is 2.52 bits per heavy atom. The lowest BCUT2D eigenvalue weighted by molar-refractivity contribution is -0.111. The van der Waals surface area contributed by atoms with Gasteiger partial charge in [-0.15, -0.1) is 0 Å². The number of nitrogens with one attached hydrogen (secondary N) is 1. The summed E-state index contributed by atoms with van der Waals surface area (Å²) in [6.07, 6.45) is 8.21. The van der Waals surface area contributed by atoms with Gasteiger partial charge in [0.05, 0.1) is 11.3 Å². The Balaban J connectivity index is 1.61. The summed E-state index contributed by atoms with van der Waals surface area (Å²) in [6, 6.07) is 16.4. The highest BCUT2D eigenvalue weighted by Gasteiger charge is 2.28. The molecule has 5 rings (SSSR count). The van der Waals surface area contributed by atoms with E-state index in [2.05, 4.69) is 45.2 Å². The molecule has 1 aromatic carbocycles. The number of hydrogen-bond acceptors (Lipinski definition) is 4. The smallest absolute Gasteiger partial charge is 0.248 e. The van der Waals surface area contributed by atoms with Gasteiger partial charge >= 0.3 is 0 Å². The minimum atomic E-state index is -0.266. The van der Waals surface area contributed by atoms with E-state index in [-0.39, 0.29) is 11.9 Å². The van der Waals surface area contributed by atoms with Crippen molar-refractivity contribution >= 4 is 28.7 Å². The second kappa shape index (κ2) is 8.36. The number of nitrogens with zero attached hydrogens (tertiary/aromatic N) is 4. The molecular formula is C27H23N5O. The maximum absolute atomic E-state index is 12.6. The molecule has 0 radical (unpaired) electrons. The molecule has 3 heterocycles. The van der Waals surface area contributed by atoms with Gasteiger partial charge in [-0.05, 0) is 67.7 Å². The summed E-state index contributed by atoms with van der Waals surface area (Å²) in [4.78, 5) is 21.4. The zero-order chi connectivity index (χ0) is 22.9. The maximum atomic E-state index is 12.6. The summed E-state index contributed by atoms with van der Waals surface area (Å²) in [5, 5.41) is 13.8. The predicted octanol–water partition coefficient (Wildman–Crippen LogP) is 4.91. The predicted molar refractivity (Wildman–Crippen MR) is 129 cm³/mol. The molecule has 4 aromatic rings. The number of pyridine rings is 2. The van der Waals surface area contributed by atoms with Crippen LogP contribution in [0.1, 0.15) is 39.7 Å². The summed E-state index contributed by atoms with van der Waals surface area (Å²) in [5.41, 5.74) is 7.30. The van der Waals surface area contributed by atoms with E-state index in [0.29, 0.717) is 11.3 Å². The minimum Gasteiger partial charge on any atom is -0.322 e. The van der Waals surface area contributed by atoms with Crippen LogP contribution in [0.2, 0.25) is 0 Å². The van der Waals surface area contributed by atoms with Crippen molar-refractivity contribution in [2.45, 2.75) is 32.7 Å². The number of carbonyl (C=O) groups excluding carboxylic acids is 1. The van der Waals surface area contributed by atoms with Crippen LogP contribution < -0.4 is 5.32 Å². The van der Waals surface area contributed by atoms with Crippen molar-refractivity contribution < 1.29 is 4.79 Å². The number of aryl methyl sites for hydroxylation is 2. The summed E-state index contributed by atoms with van der Waals surface area (Å²) in [6.45, 7) is 3.98. The number of nitriles is 1. The largest absolute Gasteiger partial charge is 0.322 e. The van der Waals surface area contributed by atoms with Crippen LogP contribution in [0.5, 0.6) is 0 Å². The first kappa shape index (κ1) is 20.7. The number of aromatic nitrogens is 3. The molecule has 3 aromatic heterocycles. The van der Waals surface area contributed by atoms with Gasteiger partial charge in [0.1, 0.15) is 11.7 Å². The Kier molecular flexibility index (Phi) is 5.23. The van der Waals surface area contributed by atoms with Gasteiger partial charge in [0, 0.05) is 41.3 Å². The van der Waals surface area contributed by atoms with Crippen LogP contribution >= 0.6 is 0 Å². The molecule has 0 fully saturated rings. The van der Waals surface area contributed by atoms with E-state index in [9.17, 15) is 10.1 Å². The number of fused-ring (bicyclic) bond motifs is 2. The monoisotopic (exact) mass is 433 g/mol. The molecule has 0 atom stereocenters. The fourth-order valence-electron chi connectivity index (χ4n) is 4.80.